The van der Waals surface area contributed by atoms with E-state index >= 15 is 0 Å². The zero-order valence-electron chi connectivity index (χ0n) is 13.3. The van der Waals surface area contributed by atoms with Crippen LogP contribution in [-0.4, -0.2) is 46.4 Å². The topological polar surface area (TPSA) is 199 Å². The van der Waals surface area contributed by atoms with Gasteiger partial charge in [0.2, 0.25) is 0 Å². The predicted molar refractivity (Wildman–Crippen MR) is 87.7 cm³/mol. The second-order valence-corrected chi connectivity index (χ2v) is 8.13. The Morgan fingerprint density at radius 2 is 1.00 bits per heavy atom. The third-order valence-corrected chi connectivity index (χ3v) is 5.08. The number of benzene rings is 2. The zero-order valence-corrected chi connectivity index (χ0v) is 14.9. The molecule has 0 saturated carbocycles. The maximum absolute atomic E-state index is 11.2. The van der Waals surface area contributed by atoms with Gasteiger partial charge in [0.25, 0.3) is 20.2 Å². The van der Waals surface area contributed by atoms with E-state index in [2.05, 4.69) is 0 Å². The smallest absolute Gasteiger partial charge is 0.298 e. The van der Waals surface area contributed by atoms with E-state index in [0.29, 0.717) is 12.1 Å². The highest BCUT2D eigenvalue weighted by atomic mass is 32.2. The van der Waals surface area contributed by atoms with Crippen molar-refractivity contribution in [3.63, 3.8) is 0 Å². The third kappa shape index (κ3) is 4.78. The second-order valence-electron chi connectivity index (χ2n) is 5.35. The lowest BCUT2D eigenvalue weighted by Crippen LogP contribution is -2.03. The van der Waals surface area contributed by atoms with Gasteiger partial charge in [-0.3, -0.25) is 9.11 Å². The minimum absolute atomic E-state index is 0.239. The number of phenols is 4. The van der Waals surface area contributed by atoms with Gasteiger partial charge < -0.3 is 25.2 Å². The molecule has 27 heavy (non-hydrogen) atoms. The van der Waals surface area contributed by atoms with Crippen molar-refractivity contribution in [2.75, 3.05) is 0 Å². The molecule has 0 fully saturated rings. The molecule has 0 bridgehead atoms. The number of phenolic OH excluding ortho intramolecular Hbond substituents is 4. The van der Waals surface area contributed by atoms with Gasteiger partial charge in [-0.25, -0.2) is 0 Å². The van der Waals surface area contributed by atoms with Crippen molar-refractivity contribution < 1.29 is 51.1 Å². The van der Waals surface area contributed by atoms with Crippen molar-refractivity contribution in [3.05, 3.63) is 35.4 Å². The molecule has 0 heterocycles. The molecule has 0 aliphatic rings. The number of rotatable bonds is 6. The molecule has 0 radical (unpaired) electrons. The Kier molecular flexibility index (Phi) is 5.53. The highest BCUT2D eigenvalue weighted by molar-refractivity contribution is 7.86. The van der Waals surface area contributed by atoms with Crippen LogP contribution < -0.4 is 0 Å². The quantitative estimate of drug-likeness (QED) is 0.283. The zero-order chi connectivity index (χ0) is 20.6. The first-order valence-electron chi connectivity index (χ1n) is 6.93. The Morgan fingerprint density at radius 1 is 0.667 bits per heavy atom. The Bertz CT molecular complexity index is 1000. The van der Waals surface area contributed by atoms with E-state index < -0.39 is 66.2 Å². The van der Waals surface area contributed by atoms with Crippen molar-refractivity contribution in [2.24, 2.45) is 0 Å². The molecule has 0 aromatic heterocycles. The van der Waals surface area contributed by atoms with Crippen LogP contribution >= 0.6 is 0 Å². The number of hydrogen-bond acceptors (Lipinski definition) is 9. The van der Waals surface area contributed by atoms with Crippen LogP contribution in [-0.2, 0) is 38.2 Å². The van der Waals surface area contributed by atoms with Gasteiger partial charge in [-0.1, -0.05) is 0 Å². The summed E-state index contributed by atoms with van der Waals surface area (Å²) in [7, 11) is -9.65. The van der Waals surface area contributed by atoms with Crippen LogP contribution in [0.15, 0.2) is 34.1 Å². The summed E-state index contributed by atoms with van der Waals surface area (Å²) in [6.45, 7) is -1.06. The van der Waals surface area contributed by atoms with Gasteiger partial charge in [0, 0.05) is 23.3 Å². The summed E-state index contributed by atoms with van der Waals surface area (Å²) in [6.07, 6.45) is 0. The van der Waals surface area contributed by atoms with Crippen LogP contribution in [0.5, 0.6) is 23.0 Å². The average molecular weight is 422 g/mol. The molecular formula is C14H14O11S2. The average Bonchev–Trinajstić information content (AvgIpc) is 2.51. The number of ether oxygens (including phenoxy) is 1. The fourth-order valence-electron chi connectivity index (χ4n) is 2.18. The van der Waals surface area contributed by atoms with Crippen molar-refractivity contribution in [1.82, 2.24) is 0 Å². The summed E-state index contributed by atoms with van der Waals surface area (Å²) in [5.41, 5.74) is -0.477. The van der Waals surface area contributed by atoms with Gasteiger partial charge in [0.05, 0.1) is 13.2 Å². The lowest BCUT2D eigenvalue weighted by atomic mass is 10.2. The molecule has 0 aliphatic heterocycles. The molecule has 0 saturated heterocycles. The van der Waals surface area contributed by atoms with E-state index in [0.717, 1.165) is 12.1 Å². The Hall–Kier alpha value is -2.58. The third-order valence-electron chi connectivity index (χ3n) is 3.35. The van der Waals surface area contributed by atoms with E-state index in [1.165, 1.54) is 0 Å². The van der Waals surface area contributed by atoms with Crippen molar-refractivity contribution >= 4 is 20.2 Å². The molecule has 11 nitrogen and oxygen atoms in total. The van der Waals surface area contributed by atoms with E-state index in [1.807, 2.05) is 0 Å². The molecule has 2 rings (SSSR count). The Balaban J connectivity index is 2.28. The maximum Gasteiger partial charge on any atom is 0.298 e. The molecule has 0 atom stereocenters. The molecule has 2 aromatic carbocycles. The molecule has 0 spiro atoms. The van der Waals surface area contributed by atoms with Gasteiger partial charge in [-0.05, 0) is 12.1 Å². The van der Waals surface area contributed by atoms with Gasteiger partial charge in [0.1, 0.15) is 32.8 Å². The van der Waals surface area contributed by atoms with Crippen molar-refractivity contribution in [3.8, 4) is 23.0 Å². The minimum Gasteiger partial charge on any atom is -0.508 e. The van der Waals surface area contributed by atoms with Crippen molar-refractivity contribution in [2.45, 2.75) is 23.0 Å². The highest BCUT2D eigenvalue weighted by Crippen LogP contribution is 2.34. The van der Waals surface area contributed by atoms with Crippen molar-refractivity contribution in [1.29, 1.82) is 0 Å². The first-order chi connectivity index (χ1) is 12.3. The summed E-state index contributed by atoms with van der Waals surface area (Å²) in [5, 5.41) is 38.7. The van der Waals surface area contributed by atoms with Crippen LogP contribution in [0.4, 0.5) is 0 Å². The maximum atomic E-state index is 11.2. The first-order valence-corrected chi connectivity index (χ1v) is 9.81. The number of aromatic hydroxyl groups is 4. The first kappa shape index (κ1) is 20.7. The summed E-state index contributed by atoms with van der Waals surface area (Å²) in [6, 6.07) is 3.15. The van der Waals surface area contributed by atoms with Gasteiger partial charge in [-0.15, -0.1) is 0 Å². The monoisotopic (exact) mass is 422 g/mol. The Morgan fingerprint density at radius 3 is 1.30 bits per heavy atom. The highest BCUT2D eigenvalue weighted by Gasteiger charge is 2.22. The van der Waals surface area contributed by atoms with E-state index in [1.54, 1.807) is 0 Å². The normalized spacial score (nSPS) is 12.2. The molecule has 0 aliphatic carbocycles. The molecule has 2 aromatic rings. The van der Waals surface area contributed by atoms with Gasteiger partial charge >= 0.3 is 0 Å². The number of hydrogen-bond donors (Lipinski definition) is 6. The predicted octanol–water partition coefficient (Wildman–Crippen LogP) is 0.719. The Labute approximate surface area is 153 Å². The van der Waals surface area contributed by atoms with Gasteiger partial charge in [-0.2, -0.15) is 16.8 Å². The summed E-state index contributed by atoms with van der Waals surface area (Å²) in [5.74, 6) is -2.94. The van der Waals surface area contributed by atoms with Crippen LogP contribution in [0, 0.1) is 0 Å². The van der Waals surface area contributed by atoms with Crippen LogP contribution in [0.25, 0.3) is 0 Å². The van der Waals surface area contributed by atoms with Gasteiger partial charge in [0.15, 0.2) is 0 Å². The molecule has 13 heteroatoms. The second kappa shape index (κ2) is 7.21. The SMILES string of the molecule is O=S(=O)(O)c1cc(O)cc(COCc2cc(O)cc(S(=O)(=O)O)c2O)c1O. The molecule has 0 amide bonds. The minimum atomic E-state index is -4.82. The molecule has 6 N–H and O–H groups in total. The van der Waals surface area contributed by atoms with Crippen LogP contribution in [0.3, 0.4) is 0 Å². The fourth-order valence-corrected chi connectivity index (χ4v) is 3.47. The largest absolute Gasteiger partial charge is 0.508 e. The molecular weight excluding hydrogens is 408 g/mol. The lowest BCUT2D eigenvalue weighted by Gasteiger charge is -2.12. The molecule has 0 unspecified atom stereocenters. The van der Waals surface area contributed by atoms with E-state index in [4.69, 9.17) is 13.8 Å². The summed E-state index contributed by atoms with van der Waals surface area (Å²) < 4.78 is 67.8. The standard InChI is InChI=1S/C14H14O11S2/c15-9-1-7(13(17)11(3-9)26(19,20)21)5-25-6-8-2-10(16)4-12(14(8)18)27(22,23)24/h1-4,15-18H,5-6H2,(H,19,20,21)(H,22,23,24). The van der Waals surface area contributed by atoms with Crippen LogP contribution in [0.2, 0.25) is 0 Å². The van der Waals surface area contributed by atoms with Crippen LogP contribution in [0.1, 0.15) is 11.1 Å². The van der Waals surface area contributed by atoms with E-state index in [-0.39, 0.29) is 11.1 Å². The molecule has 148 valence electrons. The fraction of sp³-hybridized carbons (Fsp3) is 0.143. The summed E-state index contributed by atoms with van der Waals surface area (Å²) >= 11 is 0. The lowest BCUT2D eigenvalue weighted by molar-refractivity contribution is 0.103. The summed E-state index contributed by atoms with van der Waals surface area (Å²) in [4.78, 5) is -1.90. The van der Waals surface area contributed by atoms with E-state index in [9.17, 15) is 37.3 Å².